The number of aryl methyl sites for hydroxylation is 2. The van der Waals surface area contributed by atoms with E-state index in [2.05, 4.69) is 115 Å². The molecule has 4 aromatic carbocycles. The molecule has 202 valence electrons. The SMILES string of the molecule is CCc1c(C)c2c(c(CNCCCc3ccccc3)c1-c1ccc(C)cc1)-c1ccccc1CN2.COC=O. The number of carbonyl (C=O) groups excluding carboxylic acids is 1. The van der Waals surface area contributed by atoms with E-state index in [1.165, 1.54) is 68.4 Å². The largest absolute Gasteiger partial charge is 0.471 e. The molecule has 0 amide bonds. The molecule has 0 saturated carbocycles. The van der Waals surface area contributed by atoms with Crippen molar-refractivity contribution in [1.29, 1.82) is 0 Å². The van der Waals surface area contributed by atoms with Gasteiger partial charge in [-0.2, -0.15) is 0 Å². The normalized spacial score (nSPS) is 11.4. The van der Waals surface area contributed by atoms with Gasteiger partial charge in [-0.1, -0.05) is 91.3 Å². The Hall–Kier alpha value is -3.89. The fraction of sp³-hybridized carbons (Fsp3) is 0.286. The Labute approximate surface area is 233 Å². The second-order valence-electron chi connectivity index (χ2n) is 10.0. The molecule has 4 heteroatoms. The number of carbonyl (C=O) groups is 1. The molecule has 0 aromatic heterocycles. The van der Waals surface area contributed by atoms with Gasteiger partial charge in [-0.05, 0) is 84.2 Å². The molecular formula is C35H40N2O2. The summed E-state index contributed by atoms with van der Waals surface area (Å²) in [5.74, 6) is 0. The zero-order valence-electron chi connectivity index (χ0n) is 23.6. The highest BCUT2D eigenvalue weighted by Crippen LogP contribution is 2.46. The minimum Gasteiger partial charge on any atom is -0.471 e. The quantitative estimate of drug-likeness (QED) is 0.176. The van der Waals surface area contributed by atoms with Crippen molar-refractivity contribution >= 4 is 12.2 Å². The van der Waals surface area contributed by atoms with Crippen LogP contribution in [0.3, 0.4) is 0 Å². The Morgan fingerprint density at radius 3 is 2.28 bits per heavy atom. The molecular weight excluding hydrogens is 480 g/mol. The summed E-state index contributed by atoms with van der Waals surface area (Å²) in [5.41, 5.74) is 15.2. The van der Waals surface area contributed by atoms with Crippen LogP contribution in [0.1, 0.15) is 46.7 Å². The van der Waals surface area contributed by atoms with Crippen molar-refractivity contribution in [2.24, 2.45) is 0 Å². The molecule has 0 fully saturated rings. The Balaban J connectivity index is 0.000000826. The lowest BCUT2D eigenvalue weighted by atomic mass is 9.80. The minimum absolute atomic E-state index is 0.375. The van der Waals surface area contributed by atoms with Crippen molar-refractivity contribution in [2.75, 3.05) is 19.0 Å². The summed E-state index contributed by atoms with van der Waals surface area (Å²) in [6, 6.07) is 28.8. The van der Waals surface area contributed by atoms with Crippen LogP contribution in [0.15, 0.2) is 78.9 Å². The second kappa shape index (κ2) is 13.8. The minimum atomic E-state index is 0.375. The average Bonchev–Trinajstić information content (AvgIpc) is 2.98. The summed E-state index contributed by atoms with van der Waals surface area (Å²) in [6.45, 7) is 9.89. The van der Waals surface area contributed by atoms with Crippen molar-refractivity contribution in [3.8, 4) is 22.3 Å². The molecule has 0 unspecified atom stereocenters. The number of anilines is 1. The van der Waals surface area contributed by atoms with Crippen LogP contribution < -0.4 is 10.6 Å². The highest BCUT2D eigenvalue weighted by molar-refractivity contribution is 5.94. The van der Waals surface area contributed by atoms with Gasteiger partial charge in [-0.15, -0.1) is 0 Å². The smallest absolute Gasteiger partial charge is 0.292 e. The molecule has 1 aliphatic rings. The zero-order valence-corrected chi connectivity index (χ0v) is 23.6. The maximum atomic E-state index is 8.95. The third-order valence-corrected chi connectivity index (χ3v) is 7.48. The first kappa shape index (κ1) is 28.1. The van der Waals surface area contributed by atoms with Gasteiger partial charge in [0, 0.05) is 24.3 Å². The van der Waals surface area contributed by atoms with E-state index in [9.17, 15) is 0 Å². The molecule has 0 spiro atoms. The summed E-state index contributed by atoms with van der Waals surface area (Å²) in [4.78, 5) is 8.95. The van der Waals surface area contributed by atoms with Gasteiger partial charge < -0.3 is 15.4 Å². The fourth-order valence-electron chi connectivity index (χ4n) is 5.57. The number of hydrogen-bond acceptors (Lipinski definition) is 4. The van der Waals surface area contributed by atoms with Gasteiger partial charge in [-0.25, -0.2) is 0 Å². The lowest BCUT2D eigenvalue weighted by molar-refractivity contribution is -0.126. The summed E-state index contributed by atoms with van der Waals surface area (Å²) < 4.78 is 3.86. The molecule has 0 saturated heterocycles. The number of nitrogens with one attached hydrogen (secondary N) is 2. The van der Waals surface area contributed by atoms with E-state index in [-0.39, 0.29) is 0 Å². The first-order valence-corrected chi connectivity index (χ1v) is 13.9. The van der Waals surface area contributed by atoms with Gasteiger partial charge in [0.25, 0.3) is 6.47 Å². The lowest BCUT2D eigenvalue weighted by Crippen LogP contribution is -2.20. The molecule has 5 rings (SSSR count). The van der Waals surface area contributed by atoms with E-state index < -0.39 is 0 Å². The summed E-state index contributed by atoms with van der Waals surface area (Å²) in [5, 5.41) is 7.60. The van der Waals surface area contributed by atoms with Crippen molar-refractivity contribution in [3.05, 3.63) is 112 Å². The first-order valence-electron chi connectivity index (χ1n) is 13.9. The number of fused-ring (bicyclic) bond motifs is 3. The number of benzene rings is 4. The molecule has 0 atom stereocenters. The van der Waals surface area contributed by atoms with E-state index in [4.69, 9.17) is 4.79 Å². The maximum absolute atomic E-state index is 8.95. The molecule has 4 aromatic rings. The Bertz CT molecular complexity index is 1380. The zero-order chi connectivity index (χ0) is 27.6. The molecule has 0 bridgehead atoms. The lowest BCUT2D eigenvalue weighted by Gasteiger charge is -2.30. The number of hydrogen-bond donors (Lipinski definition) is 2. The van der Waals surface area contributed by atoms with Crippen LogP contribution in [0.5, 0.6) is 0 Å². The van der Waals surface area contributed by atoms with E-state index in [1.54, 1.807) is 0 Å². The van der Waals surface area contributed by atoms with Gasteiger partial charge in [0.15, 0.2) is 0 Å². The average molecular weight is 521 g/mol. The maximum Gasteiger partial charge on any atom is 0.292 e. The van der Waals surface area contributed by atoms with Crippen LogP contribution in [0.4, 0.5) is 5.69 Å². The number of methoxy groups -OCH3 is 1. The fourth-order valence-corrected chi connectivity index (χ4v) is 5.57. The van der Waals surface area contributed by atoms with Gasteiger partial charge in [-0.3, -0.25) is 4.79 Å². The van der Waals surface area contributed by atoms with E-state index >= 15 is 0 Å². The van der Waals surface area contributed by atoms with Crippen LogP contribution >= 0.6 is 0 Å². The van der Waals surface area contributed by atoms with Crippen molar-refractivity contribution in [1.82, 2.24) is 5.32 Å². The van der Waals surface area contributed by atoms with Crippen LogP contribution in [0.25, 0.3) is 22.3 Å². The molecule has 2 N–H and O–H groups in total. The third kappa shape index (κ3) is 6.58. The second-order valence-corrected chi connectivity index (χ2v) is 10.0. The highest BCUT2D eigenvalue weighted by Gasteiger charge is 2.26. The van der Waals surface area contributed by atoms with E-state index in [0.29, 0.717) is 6.47 Å². The predicted molar refractivity (Wildman–Crippen MR) is 163 cm³/mol. The number of rotatable bonds is 9. The van der Waals surface area contributed by atoms with Crippen LogP contribution in [0, 0.1) is 13.8 Å². The molecule has 39 heavy (non-hydrogen) atoms. The first-order chi connectivity index (χ1) is 19.1. The standard InChI is InChI=1S/C33H36N2.C2H4O2/c1-4-28-24(3)33-32(29-15-9-8-14-27(29)21-35-33)30(31(28)26-18-16-23(2)17-19-26)22-34-20-10-13-25-11-6-5-7-12-25;1-4-2-3/h5-9,11-12,14-19,34-35H,4,10,13,20-22H2,1-3H3;2H,1H3. The van der Waals surface area contributed by atoms with Crippen LogP contribution in [-0.2, 0) is 35.5 Å². The molecule has 4 nitrogen and oxygen atoms in total. The Morgan fingerprint density at radius 2 is 1.59 bits per heavy atom. The molecule has 1 aliphatic heterocycles. The van der Waals surface area contributed by atoms with Crippen molar-refractivity contribution < 1.29 is 9.53 Å². The van der Waals surface area contributed by atoms with Gasteiger partial charge in [0.1, 0.15) is 0 Å². The van der Waals surface area contributed by atoms with Crippen molar-refractivity contribution in [3.63, 3.8) is 0 Å². The summed E-state index contributed by atoms with van der Waals surface area (Å²) >= 11 is 0. The van der Waals surface area contributed by atoms with Gasteiger partial charge >= 0.3 is 0 Å². The van der Waals surface area contributed by atoms with E-state index in [0.717, 1.165) is 38.9 Å². The van der Waals surface area contributed by atoms with Gasteiger partial charge in [0.05, 0.1) is 7.11 Å². The summed E-state index contributed by atoms with van der Waals surface area (Å²) in [7, 11) is 1.31. The molecule has 1 heterocycles. The topological polar surface area (TPSA) is 50.4 Å². The molecule has 0 aliphatic carbocycles. The van der Waals surface area contributed by atoms with Crippen LogP contribution in [0.2, 0.25) is 0 Å². The third-order valence-electron chi connectivity index (χ3n) is 7.48. The van der Waals surface area contributed by atoms with Crippen LogP contribution in [-0.4, -0.2) is 20.1 Å². The number of ether oxygens (including phenoxy) is 1. The van der Waals surface area contributed by atoms with Crippen molar-refractivity contribution in [2.45, 2.75) is 53.1 Å². The Morgan fingerprint density at radius 1 is 0.897 bits per heavy atom. The highest BCUT2D eigenvalue weighted by atomic mass is 16.5. The predicted octanol–water partition coefficient (Wildman–Crippen LogP) is 7.64. The van der Waals surface area contributed by atoms with E-state index in [1.807, 2.05) is 0 Å². The Kier molecular flexibility index (Phi) is 9.93. The van der Waals surface area contributed by atoms with Gasteiger partial charge in [0.2, 0.25) is 0 Å². The summed E-state index contributed by atoms with van der Waals surface area (Å²) in [6.07, 6.45) is 3.26. The molecule has 0 radical (unpaired) electrons. The monoisotopic (exact) mass is 520 g/mol.